The molecule has 1 N–H and O–H groups in total. The average Bonchev–Trinajstić information content (AvgIpc) is 2.91. The summed E-state index contributed by atoms with van der Waals surface area (Å²) in [5, 5.41) is 3.66. The van der Waals surface area contributed by atoms with Crippen LogP contribution in [-0.4, -0.2) is 19.4 Å². The highest BCUT2D eigenvalue weighted by atomic mass is 32.2. The van der Waals surface area contributed by atoms with E-state index < -0.39 is 0 Å². The monoisotopic (exact) mass is 285 g/mol. The maximum Gasteiger partial charge on any atom is 0.122 e. The van der Waals surface area contributed by atoms with Gasteiger partial charge >= 0.3 is 0 Å². The third-order valence-corrected chi connectivity index (χ3v) is 4.86. The highest BCUT2D eigenvalue weighted by Gasteiger charge is 2.21. The summed E-state index contributed by atoms with van der Waals surface area (Å²) in [6, 6.07) is 17.4. The second-order valence-corrected chi connectivity index (χ2v) is 5.98. The third kappa shape index (κ3) is 2.84. The molecule has 3 heteroatoms. The summed E-state index contributed by atoms with van der Waals surface area (Å²) in [5.41, 5.74) is 2.71. The number of rotatable bonds is 5. The van der Waals surface area contributed by atoms with Crippen LogP contribution in [0, 0.1) is 0 Å². The summed E-state index contributed by atoms with van der Waals surface area (Å²) in [6.07, 6.45) is 0.993. The van der Waals surface area contributed by atoms with Crippen molar-refractivity contribution in [2.45, 2.75) is 17.4 Å². The molecule has 1 aliphatic rings. The van der Waals surface area contributed by atoms with Gasteiger partial charge in [0.25, 0.3) is 0 Å². The Morgan fingerprint density at radius 2 is 1.95 bits per heavy atom. The van der Waals surface area contributed by atoms with Gasteiger partial charge < -0.3 is 10.1 Å². The van der Waals surface area contributed by atoms with Gasteiger partial charge in [-0.05, 0) is 36.2 Å². The number of ether oxygens (including phenoxy) is 1. The zero-order chi connectivity index (χ0) is 13.8. The van der Waals surface area contributed by atoms with Crippen LogP contribution in [0.1, 0.15) is 17.2 Å². The average molecular weight is 285 g/mol. The minimum absolute atomic E-state index is 0.478. The molecule has 0 aromatic heterocycles. The van der Waals surface area contributed by atoms with Gasteiger partial charge in [0.05, 0.1) is 7.11 Å². The summed E-state index contributed by atoms with van der Waals surface area (Å²) in [6.45, 7) is 0.972. The molecule has 1 aliphatic heterocycles. The van der Waals surface area contributed by atoms with Crippen molar-refractivity contribution in [3.8, 4) is 5.75 Å². The molecule has 104 valence electrons. The van der Waals surface area contributed by atoms with Crippen LogP contribution in [0.15, 0.2) is 53.4 Å². The molecule has 1 unspecified atom stereocenters. The van der Waals surface area contributed by atoms with E-state index in [1.165, 1.54) is 16.0 Å². The van der Waals surface area contributed by atoms with Crippen LogP contribution in [0.4, 0.5) is 0 Å². The second kappa shape index (κ2) is 6.33. The van der Waals surface area contributed by atoms with E-state index in [-0.39, 0.29) is 0 Å². The molecule has 2 aromatic rings. The van der Waals surface area contributed by atoms with E-state index in [2.05, 4.69) is 41.7 Å². The number of methoxy groups -OCH3 is 1. The highest BCUT2D eigenvalue weighted by Crippen LogP contribution is 2.37. The van der Waals surface area contributed by atoms with Crippen LogP contribution < -0.4 is 10.1 Å². The zero-order valence-corrected chi connectivity index (χ0v) is 12.5. The van der Waals surface area contributed by atoms with Crippen molar-refractivity contribution in [2.24, 2.45) is 0 Å². The minimum Gasteiger partial charge on any atom is -0.496 e. The van der Waals surface area contributed by atoms with Gasteiger partial charge in [0.15, 0.2) is 0 Å². The Morgan fingerprint density at radius 1 is 1.15 bits per heavy atom. The van der Waals surface area contributed by atoms with E-state index >= 15 is 0 Å². The fourth-order valence-corrected chi connectivity index (χ4v) is 3.82. The predicted molar refractivity (Wildman–Crippen MR) is 84.6 cm³/mol. The molecule has 0 aliphatic carbocycles. The van der Waals surface area contributed by atoms with Gasteiger partial charge in [0, 0.05) is 16.7 Å². The van der Waals surface area contributed by atoms with E-state index in [4.69, 9.17) is 4.74 Å². The molecular weight excluding hydrogens is 266 g/mol. The first-order valence-electron chi connectivity index (χ1n) is 6.95. The fraction of sp³-hybridized carbons (Fsp3) is 0.294. The topological polar surface area (TPSA) is 21.3 Å². The molecule has 0 saturated heterocycles. The Bertz CT molecular complexity index is 585. The van der Waals surface area contributed by atoms with Gasteiger partial charge in [-0.15, -0.1) is 11.8 Å². The first-order valence-corrected chi connectivity index (χ1v) is 7.94. The first kappa shape index (κ1) is 13.5. The lowest BCUT2D eigenvalue weighted by Gasteiger charge is -2.14. The molecule has 3 rings (SSSR count). The zero-order valence-electron chi connectivity index (χ0n) is 11.6. The summed E-state index contributed by atoms with van der Waals surface area (Å²) in [7, 11) is 1.73. The normalized spacial score (nSPS) is 16.9. The summed E-state index contributed by atoms with van der Waals surface area (Å²) in [4.78, 5) is 1.42. The van der Waals surface area contributed by atoms with Crippen LogP contribution in [0.5, 0.6) is 5.75 Å². The molecule has 20 heavy (non-hydrogen) atoms. The molecule has 0 amide bonds. The maximum atomic E-state index is 5.39. The van der Waals surface area contributed by atoms with Crippen LogP contribution in [0.25, 0.3) is 0 Å². The third-order valence-electron chi connectivity index (χ3n) is 3.68. The van der Waals surface area contributed by atoms with Crippen molar-refractivity contribution in [3.05, 3.63) is 59.7 Å². The lowest BCUT2D eigenvalue weighted by atomic mass is 10.1. The Labute approximate surface area is 124 Å². The molecule has 0 radical (unpaired) electrons. The van der Waals surface area contributed by atoms with Gasteiger partial charge in [-0.2, -0.15) is 0 Å². The van der Waals surface area contributed by atoms with Crippen molar-refractivity contribution in [1.82, 2.24) is 5.32 Å². The SMILES string of the molecule is COc1ccccc1CCNC1CSc2ccccc21. The van der Waals surface area contributed by atoms with Crippen LogP contribution in [0.3, 0.4) is 0 Å². The Morgan fingerprint density at radius 3 is 2.85 bits per heavy atom. The largest absolute Gasteiger partial charge is 0.496 e. The second-order valence-electron chi connectivity index (χ2n) is 4.92. The van der Waals surface area contributed by atoms with E-state index in [1.807, 2.05) is 23.9 Å². The molecule has 0 spiro atoms. The van der Waals surface area contributed by atoms with Crippen molar-refractivity contribution >= 4 is 11.8 Å². The molecule has 1 atom stereocenters. The number of para-hydroxylation sites is 1. The number of hydrogen-bond acceptors (Lipinski definition) is 3. The van der Waals surface area contributed by atoms with Crippen molar-refractivity contribution in [3.63, 3.8) is 0 Å². The molecule has 0 saturated carbocycles. The predicted octanol–water partition coefficient (Wildman–Crippen LogP) is 3.67. The van der Waals surface area contributed by atoms with Crippen molar-refractivity contribution in [2.75, 3.05) is 19.4 Å². The van der Waals surface area contributed by atoms with Crippen LogP contribution in [0.2, 0.25) is 0 Å². The van der Waals surface area contributed by atoms with Gasteiger partial charge in [0.2, 0.25) is 0 Å². The van der Waals surface area contributed by atoms with E-state index in [9.17, 15) is 0 Å². The molecule has 1 heterocycles. The summed E-state index contributed by atoms with van der Waals surface area (Å²) >= 11 is 1.94. The summed E-state index contributed by atoms with van der Waals surface area (Å²) in [5.74, 6) is 2.11. The molecule has 2 aromatic carbocycles. The smallest absolute Gasteiger partial charge is 0.122 e. The number of benzene rings is 2. The van der Waals surface area contributed by atoms with Crippen molar-refractivity contribution in [1.29, 1.82) is 0 Å². The number of nitrogens with one attached hydrogen (secondary N) is 1. The number of hydrogen-bond donors (Lipinski definition) is 1. The Balaban J connectivity index is 1.59. The van der Waals surface area contributed by atoms with Crippen LogP contribution in [-0.2, 0) is 6.42 Å². The lowest BCUT2D eigenvalue weighted by Crippen LogP contribution is -2.23. The van der Waals surface area contributed by atoms with E-state index in [0.717, 1.165) is 24.5 Å². The molecule has 0 fully saturated rings. The molecule has 2 nitrogen and oxygen atoms in total. The van der Waals surface area contributed by atoms with E-state index in [1.54, 1.807) is 7.11 Å². The fourth-order valence-electron chi connectivity index (χ4n) is 2.62. The maximum absolute atomic E-state index is 5.39. The van der Waals surface area contributed by atoms with Crippen molar-refractivity contribution < 1.29 is 4.74 Å². The lowest BCUT2D eigenvalue weighted by molar-refractivity contribution is 0.408. The standard InChI is InChI=1S/C17H19NOS/c1-19-16-8-4-2-6-13(16)10-11-18-15-12-20-17-9-5-3-7-14(15)17/h2-9,15,18H,10-12H2,1H3. The Hall–Kier alpha value is -1.45. The number of fused-ring (bicyclic) bond motifs is 1. The molecule has 0 bridgehead atoms. The highest BCUT2D eigenvalue weighted by molar-refractivity contribution is 7.99. The van der Waals surface area contributed by atoms with Gasteiger partial charge in [-0.1, -0.05) is 36.4 Å². The summed E-state index contributed by atoms with van der Waals surface area (Å²) < 4.78 is 5.39. The quantitative estimate of drug-likeness (QED) is 0.905. The van der Waals surface area contributed by atoms with Crippen LogP contribution >= 0.6 is 11.8 Å². The van der Waals surface area contributed by atoms with E-state index in [0.29, 0.717) is 6.04 Å². The first-order chi connectivity index (χ1) is 9.88. The number of thioether (sulfide) groups is 1. The molecular formula is C17H19NOS. The Kier molecular flexibility index (Phi) is 4.28. The van der Waals surface area contributed by atoms with Gasteiger partial charge in [0.1, 0.15) is 5.75 Å². The minimum atomic E-state index is 0.478. The van der Waals surface area contributed by atoms with Gasteiger partial charge in [-0.3, -0.25) is 0 Å². The van der Waals surface area contributed by atoms with Gasteiger partial charge in [-0.25, -0.2) is 0 Å².